The van der Waals surface area contributed by atoms with Crippen LogP contribution in [-0.4, -0.2) is 27.8 Å². The standard InChI is InChI=1S/C16H15N3O2/c20-15(10-17-16(21)14-7-8-18-19-14)13-6-5-11-3-1-2-4-12(11)9-13/h1-9,15,20H,10H2,(H,17,21)(H,18,19)/t15-/m1/s1. The lowest BCUT2D eigenvalue weighted by atomic mass is 10.0. The van der Waals surface area contributed by atoms with Gasteiger partial charge in [-0.05, 0) is 28.5 Å². The fraction of sp³-hybridized carbons (Fsp3) is 0.125. The zero-order chi connectivity index (χ0) is 14.7. The third kappa shape index (κ3) is 2.93. The molecule has 0 spiro atoms. The molecule has 5 nitrogen and oxygen atoms in total. The highest BCUT2D eigenvalue weighted by Crippen LogP contribution is 2.20. The van der Waals surface area contributed by atoms with Gasteiger partial charge in [-0.1, -0.05) is 36.4 Å². The van der Waals surface area contributed by atoms with Gasteiger partial charge in [0, 0.05) is 12.7 Å². The van der Waals surface area contributed by atoms with E-state index in [2.05, 4.69) is 15.5 Å². The van der Waals surface area contributed by atoms with E-state index in [1.54, 1.807) is 6.07 Å². The van der Waals surface area contributed by atoms with Crippen molar-refractivity contribution in [3.8, 4) is 0 Å². The van der Waals surface area contributed by atoms with Gasteiger partial charge in [-0.2, -0.15) is 5.10 Å². The van der Waals surface area contributed by atoms with Crippen LogP contribution < -0.4 is 5.32 Å². The van der Waals surface area contributed by atoms with Crippen LogP contribution in [0.15, 0.2) is 54.7 Å². The second-order valence-electron chi connectivity index (χ2n) is 4.80. The van der Waals surface area contributed by atoms with Gasteiger partial charge in [0.1, 0.15) is 5.69 Å². The van der Waals surface area contributed by atoms with Gasteiger partial charge in [0.2, 0.25) is 0 Å². The van der Waals surface area contributed by atoms with E-state index in [1.807, 2.05) is 42.5 Å². The first-order valence-electron chi connectivity index (χ1n) is 6.68. The van der Waals surface area contributed by atoms with E-state index in [0.717, 1.165) is 16.3 Å². The summed E-state index contributed by atoms with van der Waals surface area (Å²) in [6.45, 7) is 0.149. The Morgan fingerprint density at radius 2 is 2.00 bits per heavy atom. The van der Waals surface area contributed by atoms with Crippen molar-refractivity contribution in [1.82, 2.24) is 15.5 Å². The molecule has 0 saturated heterocycles. The molecule has 2 aromatic carbocycles. The van der Waals surface area contributed by atoms with Crippen LogP contribution >= 0.6 is 0 Å². The summed E-state index contributed by atoms with van der Waals surface area (Å²) in [6, 6.07) is 15.3. The van der Waals surface area contributed by atoms with E-state index in [-0.39, 0.29) is 12.5 Å². The lowest BCUT2D eigenvalue weighted by Gasteiger charge is -2.12. The summed E-state index contributed by atoms with van der Waals surface area (Å²) in [4.78, 5) is 11.8. The van der Waals surface area contributed by atoms with Crippen LogP contribution in [0.25, 0.3) is 10.8 Å². The molecule has 0 unspecified atom stereocenters. The van der Waals surface area contributed by atoms with Crippen molar-refractivity contribution in [2.75, 3.05) is 6.54 Å². The van der Waals surface area contributed by atoms with Gasteiger partial charge in [0.05, 0.1) is 6.10 Å². The number of aliphatic hydroxyl groups is 1. The lowest BCUT2D eigenvalue weighted by Crippen LogP contribution is -2.28. The summed E-state index contributed by atoms with van der Waals surface area (Å²) in [7, 11) is 0. The van der Waals surface area contributed by atoms with Gasteiger partial charge in [-0.15, -0.1) is 0 Å². The highest BCUT2D eigenvalue weighted by molar-refractivity contribution is 5.92. The van der Waals surface area contributed by atoms with E-state index in [9.17, 15) is 9.90 Å². The van der Waals surface area contributed by atoms with Crippen LogP contribution in [0.2, 0.25) is 0 Å². The summed E-state index contributed by atoms with van der Waals surface area (Å²) in [5.74, 6) is -0.285. The predicted octanol–water partition coefficient (Wildman–Crippen LogP) is 2.03. The summed E-state index contributed by atoms with van der Waals surface area (Å²) >= 11 is 0. The SMILES string of the molecule is O=C(NC[C@@H](O)c1ccc2ccccc2c1)c1ccn[nH]1. The largest absolute Gasteiger partial charge is 0.387 e. The Morgan fingerprint density at radius 1 is 1.19 bits per heavy atom. The number of rotatable bonds is 4. The molecule has 1 atom stereocenters. The minimum Gasteiger partial charge on any atom is -0.387 e. The van der Waals surface area contributed by atoms with Crippen molar-refractivity contribution in [2.24, 2.45) is 0 Å². The fourth-order valence-electron chi connectivity index (χ4n) is 2.20. The molecular formula is C16H15N3O2. The number of benzene rings is 2. The minimum atomic E-state index is -0.749. The van der Waals surface area contributed by atoms with Crippen molar-refractivity contribution in [1.29, 1.82) is 0 Å². The van der Waals surface area contributed by atoms with Crippen molar-refractivity contribution in [3.05, 3.63) is 66.0 Å². The fourth-order valence-corrected chi connectivity index (χ4v) is 2.20. The van der Waals surface area contributed by atoms with Gasteiger partial charge in [-0.25, -0.2) is 0 Å². The first kappa shape index (κ1) is 13.3. The van der Waals surface area contributed by atoms with Gasteiger partial charge in [-0.3, -0.25) is 9.89 Å². The summed E-state index contributed by atoms with van der Waals surface area (Å²) in [5, 5.41) is 21.3. The van der Waals surface area contributed by atoms with E-state index >= 15 is 0 Å². The number of hydrogen-bond acceptors (Lipinski definition) is 3. The molecule has 3 N–H and O–H groups in total. The van der Waals surface area contributed by atoms with Crippen LogP contribution in [-0.2, 0) is 0 Å². The molecule has 0 aliphatic carbocycles. The number of H-pyrrole nitrogens is 1. The molecule has 1 heterocycles. The number of carbonyl (C=O) groups excluding carboxylic acids is 1. The van der Waals surface area contributed by atoms with E-state index < -0.39 is 6.10 Å². The number of amides is 1. The highest BCUT2D eigenvalue weighted by Gasteiger charge is 2.11. The zero-order valence-electron chi connectivity index (χ0n) is 11.3. The van der Waals surface area contributed by atoms with Crippen LogP contribution in [0.1, 0.15) is 22.2 Å². The molecule has 5 heteroatoms. The number of carbonyl (C=O) groups is 1. The normalized spacial score (nSPS) is 12.2. The Bertz CT molecular complexity index is 753. The predicted molar refractivity (Wildman–Crippen MR) is 79.8 cm³/mol. The Hall–Kier alpha value is -2.66. The molecule has 0 aliphatic heterocycles. The first-order valence-corrected chi connectivity index (χ1v) is 6.68. The smallest absolute Gasteiger partial charge is 0.269 e. The minimum absolute atomic E-state index is 0.149. The molecule has 3 rings (SSSR count). The molecule has 3 aromatic rings. The quantitative estimate of drug-likeness (QED) is 0.684. The lowest BCUT2D eigenvalue weighted by molar-refractivity contribution is 0.0911. The number of aromatic amines is 1. The molecule has 0 bridgehead atoms. The van der Waals surface area contributed by atoms with E-state index in [4.69, 9.17) is 0 Å². The van der Waals surface area contributed by atoms with E-state index in [1.165, 1.54) is 6.20 Å². The van der Waals surface area contributed by atoms with Crippen LogP contribution in [0.4, 0.5) is 0 Å². The summed E-state index contributed by atoms with van der Waals surface area (Å²) in [6.07, 6.45) is 0.760. The third-order valence-corrected chi connectivity index (χ3v) is 3.36. The van der Waals surface area contributed by atoms with Gasteiger partial charge < -0.3 is 10.4 Å². The van der Waals surface area contributed by atoms with Crippen molar-refractivity contribution >= 4 is 16.7 Å². The Morgan fingerprint density at radius 3 is 2.76 bits per heavy atom. The monoisotopic (exact) mass is 281 g/mol. The molecule has 0 radical (unpaired) electrons. The van der Waals surface area contributed by atoms with Crippen LogP contribution in [0.3, 0.4) is 0 Å². The summed E-state index contributed by atoms with van der Waals surface area (Å²) < 4.78 is 0. The molecule has 21 heavy (non-hydrogen) atoms. The first-order chi connectivity index (χ1) is 10.2. The molecule has 106 valence electrons. The third-order valence-electron chi connectivity index (χ3n) is 3.36. The molecule has 1 aromatic heterocycles. The second-order valence-corrected chi connectivity index (χ2v) is 4.80. The Balaban J connectivity index is 1.69. The van der Waals surface area contributed by atoms with Gasteiger partial charge in [0.25, 0.3) is 5.91 Å². The maximum atomic E-state index is 11.8. The number of aliphatic hydroxyl groups excluding tert-OH is 1. The topological polar surface area (TPSA) is 78.0 Å². The zero-order valence-corrected chi connectivity index (χ0v) is 11.3. The number of aromatic nitrogens is 2. The molecule has 0 saturated carbocycles. The van der Waals surface area contributed by atoms with Crippen molar-refractivity contribution in [2.45, 2.75) is 6.10 Å². The van der Waals surface area contributed by atoms with Gasteiger partial charge >= 0.3 is 0 Å². The second kappa shape index (κ2) is 5.76. The Labute approximate surface area is 121 Å². The molecule has 0 aliphatic rings. The number of hydrogen-bond donors (Lipinski definition) is 3. The maximum absolute atomic E-state index is 11.8. The average Bonchev–Trinajstić information content (AvgIpc) is 3.06. The highest BCUT2D eigenvalue weighted by atomic mass is 16.3. The molecule has 1 amide bonds. The maximum Gasteiger partial charge on any atom is 0.269 e. The van der Waals surface area contributed by atoms with Crippen LogP contribution in [0.5, 0.6) is 0 Å². The van der Waals surface area contributed by atoms with Gasteiger partial charge in [0.15, 0.2) is 0 Å². The Kier molecular flexibility index (Phi) is 3.66. The van der Waals surface area contributed by atoms with E-state index in [0.29, 0.717) is 5.69 Å². The summed E-state index contributed by atoms with van der Waals surface area (Å²) in [5.41, 5.74) is 1.15. The molecule has 0 fully saturated rings. The van der Waals surface area contributed by atoms with Crippen molar-refractivity contribution in [3.63, 3.8) is 0 Å². The number of nitrogens with zero attached hydrogens (tertiary/aromatic N) is 1. The molecular weight excluding hydrogens is 266 g/mol. The number of nitrogens with one attached hydrogen (secondary N) is 2. The van der Waals surface area contributed by atoms with Crippen molar-refractivity contribution < 1.29 is 9.90 Å². The average molecular weight is 281 g/mol. The number of fused-ring (bicyclic) bond motifs is 1. The van der Waals surface area contributed by atoms with Crippen LogP contribution in [0, 0.1) is 0 Å².